The van der Waals surface area contributed by atoms with E-state index in [1.165, 1.54) is 0 Å². The molecular formula is C15H20ClN3O2. The molecule has 0 saturated heterocycles. The Morgan fingerprint density at radius 2 is 2.19 bits per heavy atom. The van der Waals surface area contributed by atoms with Crippen LogP contribution in [0, 0.1) is 0 Å². The van der Waals surface area contributed by atoms with Crippen molar-refractivity contribution in [2.45, 2.75) is 25.8 Å². The summed E-state index contributed by atoms with van der Waals surface area (Å²) in [5, 5.41) is 0. The number of aryl methyl sites for hydroxylation is 1. The number of amides is 1. The number of para-hydroxylation sites is 1. The largest absolute Gasteiger partial charge is 0.492 e. The van der Waals surface area contributed by atoms with Gasteiger partial charge in [0.15, 0.2) is 0 Å². The third-order valence-electron chi connectivity index (χ3n) is 3.29. The van der Waals surface area contributed by atoms with E-state index in [1.807, 2.05) is 29.7 Å². The highest BCUT2D eigenvalue weighted by Crippen LogP contribution is 2.27. The first kappa shape index (κ1) is 15.6. The molecule has 0 bridgehead atoms. The van der Waals surface area contributed by atoms with Gasteiger partial charge < -0.3 is 14.2 Å². The van der Waals surface area contributed by atoms with E-state index in [0.717, 1.165) is 22.6 Å². The summed E-state index contributed by atoms with van der Waals surface area (Å²) in [6.07, 6.45) is 0.418. The van der Waals surface area contributed by atoms with Crippen molar-refractivity contribution >= 4 is 28.5 Å². The number of fused-ring (bicyclic) bond motifs is 1. The van der Waals surface area contributed by atoms with Gasteiger partial charge >= 0.3 is 0 Å². The van der Waals surface area contributed by atoms with E-state index in [1.54, 1.807) is 19.0 Å². The summed E-state index contributed by atoms with van der Waals surface area (Å²) < 4.78 is 7.59. The molecule has 0 spiro atoms. The predicted molar refractivity (Wildman–Crippen MR) is 83.8 cm³/mol. The number of nitrogens with zero attached hydrogens (tertiary/aromatic N) is 3. The van der Waals surface area contributed by atoms with Gasteiger partial charge in [0.1, 0.15) is 17.1 Å². The molecule has 0 aliphatic heterocycles. The minimum absolute atomic E-state index is 0.0818. The molecule has 1 heterocycles. The number of aromatic nitrogens is 2. The lowest BCUT2D eigenvalue weighted by atomic mass is 10.3. The van der Waals surface area contributed by atoms with Crippen molar-refractivity contribution in [1.82, 2.24) is 14.5 Å². The minimum atomic E-state index is 0.0818. The molecular weight excluding hydrogens is 290 g/mol. The topological polar surface area (TPSA) is 47.4 Å². The number of rotatable bonds is 6. The van der Waals surface area contributed by atoms with E-state index >= 15 is 0 Å². The average molecular weight is 310 g/mol. The maximum atomic E-state index is 11.8. The van der Waals surface area contributed by atoms with Gasteiger partial charge in [0.05, 0.1) is 18.0 Å². The Morgan fingerprint density at radius 1 is 1.43 bits per heavy atom. The summed E-state index contributed by atoms with van der Waals surface area (Å²) in [6.45, 7) is 3.08. The lowest BCUT2D eigenvalue weighted by Crippen LogP contribution is -2.23. The highest BCUT2D eigenvalue weighted by atomic mass is 35.5. The van der Waals surface area contributed by atoms with Gasteiger partial charge in [0.2, 0.25) is 5.91 Å². The van der Waals surface area contributed by atoms with E-state index in [-0.39, 0.29) is 5.91 Å². The number of hydrogen-bond acceptors (Lipinski definition) is 3. The minimum Gasteiger partial charge on any atom is -0.492 e. The van der Waals surface area contributed by atoms with Crippen molar-refractivity contribution in [2.24, 2.45) is 0 Å². The standard InChI is InChI=1S/C15H20ClN3O2/c1-4-21-12-7-5-6-11-15(12)17-13(10-16)19(11)9-8-14(20)18(2)3/h5-7H,4,8-10H2,1-3H3. The molecule has 0 aliphatic rings. The number of benzene rings is 1. The molecule has 1 aromatic heterocycles. The normalized spacial score (nSPS) is 10.9. The molecule has 0 atom stereocenters. The highest BCUT2D eigenvalue weighted by molar-refractivity contribution is 6.16. The lowest BCUT2D eigenvalue weighted by Gasteiger charge is -2.12. The Bertz CT molecular complexity index is 637. The van der Waals surface area contributed by atoms with Crippen molar-refractivity contribution in [1.29, 1.82) is 0 Å². The summed E-state index contributed by atoms with van der Waals surface area (Å²) in [5.41, 5.74) is 1.75. The van der Waals surface area contributed by atoms with Gasteiger partial charge in [0, 0.05) is 27.1 Å². The second-order valence-electron chi connectivity index (χ2n) is 4.91. The van der Waals surface area contributed by atoms with Crippen LogP contribution in [0.15, 0.2) is 18.2 Å². The van der Waals surface area contributed by atoms with Crippen LogP contribution in [-0.2, 0) is 17.2 Å². The Hall–Kier alpha value is -1.75. The molecule has 1 aromatic carbocycles. The smallest absolute Gasteiger partial charge is 0.223 e. The van der Waals surface area contributed by atoms with Gasteiger partial charge in [-0.05, 0) is 19.1 Å². The molecule has 5 nitrogen and oxygen atoms in total. The summed E-state index contributed by atoms with van der Waals surface area (Å²) in [5.74, 6) is 1.89. The van der Waals surface area contributed by atoms with Crippen LogP contribution in [0.5, 0.6) is 5.75 Å². The van der Waals surface area contributed by atoms with E-state index in [2.05, 4.69) is 4.98 Å². The number of hydrogen-bond donors (Lipinski definition) is 0. The molecule has 21 heavy (non-hydrogen) atoms. The number of halogens is 1. The van der Waals surface area contributed by atoms with Gasteiger partial charge in [-0.1, -0.05) is 6.07 Å². The van der Waals surface area contributed by atoms with Crippen LogP contribution in [-0.4, -0.2) is 41.1 Å². The zero-order valence-corrected chi connectivity index (χ0v) is 13.4. The van der Waals surface area contributed by atoms with Crippen LogP contribution in [0.1, 0.15) is 19.2 Å². The SMILES string of the molecule is CCOc1cccc2c1nc(CCl)n2CCC(=O)N(C)C. The zero-order chi connectivity index (χ0) is 15.4. The molecule has 2 rings (SSSR count). The van der Waals surface area contributed by atoms with Crippen molar-refractivity contribution in [2.75, 3.05) is 20.7 Å². The van der Waals surface area contributed by atoms with Crippen molar-refractivity contribution < 1.29 is 9.53 Å². The van der Waals surface area contributed by atoms with Crippen molar-refractivity contribution in [3.05, 3.63) is 24.0 Å². The van der Waals surface area contributed by atoms with E-state index in [9.17, 15) is 4.79 Å². The first-order valence-electron chi connectivity index (χ1n) is 6.95. The first-order valence-corrected chi connectivity index (χ1v) is 7.49. The number of ether oxygens (including phenoxy) is 1. The van der Waals surface area contributed by atoms with Crippen molar-refractivity contribution in [3.63, 3.8) is 0 Å². The fourth-order valence-electron chi connectivity index (χ4n) is 2.22. The number of alkyl halides is 1. The van der Waals surface area contributed by atoms with Gasteiger partial charge in [-0.3, -0.25) is 4.79 Å². The maximum absolute atomic E-state index is 11.8. The van der Waals surface area contributed by atoms with Gasteiger partial charge in [-0.25, -0.2) is 4.98 Å². The monoisotopic (exact) mass is 309 g/mol. The third-order valence-corrected chi connectivity index (χ3v) is 3.53. The molecule has 2 aromatic rings. The molecule has 0 radical (unpaired) electrons. The van der Waals surface area contributed by atoms with E-state index in [4.69, 9.17) is 16.3 Å². The van der Waals surface area contributed by atoms with Crippen LogP contribution < -0.4 is 4.74 Å². The fraction of sp³-hybridized carbons (Fsp3) is 0.467. The maximum Gasteiger partial charge on any atom is 0.223 e. The van der Waals surface area contributed by atoms with Crippen LogP contribution in [0.2, 0.25) is 0 Å². The van der Waals surface area contributed by atoms with Crippen LogP contribution in [0.3, 0.4) is 0 Å². The number of carbonyl (C=O) groups is 1. The lowest BCUT2D eigenvalue weighted by molar-refractivity contribution is -0.128. The molecule has 0 N–H and O–H groups in total. The summed E-state index contributed by atoms with van der Waals surface area (Å²) in [4.78, 5) is 17.9. The Balaban J connectivity index is 2.37. The molecule has 114 valence electrons. The second kappa shape index (κ2) is 6.80. The molecule has 0 saturated carbocycles. The highest BCUT2D eigenvalue weighted by Gasteiger charge is 2.15. The first-order chi connectivity index (χ1) is 10.1. The van der Waals surface area contributed by atoms with Crippen LogP contribution in [0.25, 0.3) is 11.0 Å². The average Bonchev–Trinajstić information content (AvgIpc) is 2.83. The Morgan fingerprint density at radius 3 is 2.81 bits per heavy atom. The summed E-state index contributed by atoms with van der Waals surface area (Å²) in [7, 11) is 3.51. The Labute approximate surface area is 129 Å². The quantitative estimate of drug-likeness (QED) is 0.771. The molecule has 1 amide bonds. The molecule has 0 fully saturated rings. The summed E-state index contributed by atoms with van der Waals surface area (Å²) >= 11 is 5.99. The Kier molecular flexibility index (Phi) is 5.07. The van der Waals surface area contributed by atoms with Crippen LogP contribution in [0.4, 0.5) is 0 Å². The second-order valence-corrected chi connectivity index (χ2v) is 5.18. The van der Waals surface area contributed by atoms with E-state index in [0.29, 0.717) is 25.5 Å². The number of carbonyl (C=O) groups excluding carboxylic acids is 1. The van der Waals surface area contributed by atoms with Gasteiger partial charge in [-0.2, -0.15) is 0 Å². The van der Waals surface area contributed by atoms with Gasteiger partial charge in [-0.15, -0.1) is 11.6 Å². The number of imidazole rings is 1. The van der Waals surface area contributed by atoms with Crippen molar-refractivity contribution in [3.8, 4) is 5.75 Å². The summed E-state index contributed by atoms with van der Waals surface area (Å²) in [6, 6.07) is 5.80. The van der Waals surface area contributed by atoms with E-state index < -0.39 is 0 Å². The zero-order valence-electron chi connectivity index (χ0n) is 12.6. The molecule has 0 aliphatic carbocycles. The third kappa shape index (κ3) is 3.29. The van der Waals surface area contributed by atoms with Crippen LogP contribution >= 0.6 is 11.6 Å². The van der Waals surface area contributed by atoms with Gasteiger partial charge in [0.25, 0.3) is 0 Å². The fourth-order valence-corrected chi connectivity index (χ4v) is 2.43. The predicted octanol–water partition coefficient (Wildman–Crippen LogP) is 2.65. The molecule has 0 unspecified atom stereocenters. The molecule has 6 heteroatoms.